The van der Waals surface area contributed by atoms with Crippen LogP contribution in [0.25, 0.3) is 11.6 Å². The molecule has 3 aromatic rings. The van der Waals surface area contributed by atoms with Crippen LogP contribution in [0.15, 0.2) is 41.3 Å². The zero-order chi connectivity index (χ0) is 29.3. The molecule has 1 aromatic heterocycles. The Balaban J connectivity index is 0.00000405. The molecule has 1 fully saturated rings. The number of fused-ring (bicyclic) bond motifs is 1. The fourth-order valence-electron chi connectivity index (χ4n) is 4.82. The van der Waals surface area contributed by atoms with Gasteiger partial charge >= 0.3 is 0 Å². The lowest BCUT2D eigenvalue weighted by atomic mass is 10.0. The zero-order valence-electron chi connectivity index (χ0n) is 23.3. The number of anilines is 1. The first-order chi connectivity index (χ1) is 19.6. The number of H-pyrrole nitrogens is 1. The minimum atomic E-state index is -1.45. The molecule has 1 aliphatic carbocycles. The van der Waals surface area contributed by atoms with Crippen molar-refractivity contribution < 1.29 is 24.4 Å². The Kier molecular flexibility index (Phi) is 10.3. The number of nitrogens with one attached hydrogen (secondary N) is 4. The quantitative estimate of drug-likeness (QED) is 0.204. The van der Waals surface area contributed by atoms with Crippen LogP contribution in [0.4, 0.5) is 5.69 Å². The molecule has 2 atom stereocenters. The third kappa shape index (κ3) is 7.31. The highest BCUT2D eigenvalue weighted by atomic mass is 35.5. The van der Waals surface area contributed by atoms with E-state index in [1.807, 2.05) is 13.8 Å². The van der Waals surface area contributed by atoms with E-state index in [0.717, 1.165) is 29.7 Å². The fourth-order valence-corrected chi connectivity index (χ4v) is 6.72. The van der Waals surface area contributed by atoms with Gasteiger partial charge in [0.05, 0.1) is 34.7 Å². The van der Waals surface area contributed by atoms with Crippen LogP contribution >= 0.6 is 23.2 Å². The Hall–Kier alpha value is -2.99. The molecule has 0 bridgehead atoms. The van der Waals surface area contributed by atoms with E-state index >= 15 is 0 Å². The van der Waals surface area contributed by atoms with E-state index in [-0.39, 0.29) is 36.0 Å². The van der Waals surface area contributed by atoms with Gasteiger partial charge in [0.2, 0.25) is 5.91 Å². The number of carbonyl (C=O) groups is 2. The van der Waals surface area contributed by atoms with Crippen LogP contribution in [0.3, 0.4) is 0 Å². The number of hydrogen-bond donors (Lipinski definition) is 5. The maximum absolute atomic E-state index is 13.2. The number of benzene rings is 2. The second kappa shape index (κ2) is 13.5. The molecule has 0 spiro atoms. The number of rotatable bonds is 11. The monoisotopic (exact) mass is 632 g/mol. The SMILES string of the molecule is Cc1[nH]c(/C=C2\C(=O)Nc3ccc(S(=O)Cc4c(Cl)cccc4Cl)cc32)c(C)c1CC(=O)NCC(O)CNC1CC1.O. The number of carbonyl (C=O) groups excluding carboxylic acids is 2. The van der Waals surface area contributed by atoms with Crippen molar-refractivity contribution in [2.75, 3.05) is 18.4 Å². The van der Waals surface area contributed by atoms with Gasteiger partial charge in [0.25, 0.3) is 5.91 Å². The van der Waals surface area contributed by atoms with Gasteiger partial charge in [0, 0.05) is 62.3 Å². The van der Waals surface area contributed by atoms with E-state index in [1.165, 1.54) is 0 Å². The Labute approximate surface area is 256 Å². The number of aromatic nitrogens is 1. The van der Waals surface area contributed by atoms with Gasteiger partial charge in [-0.25, -0.2) is 0 Å². The van der Waals surface area contributed by atoms with Crippen LogP contribution in [-0.4, -0.2) is 56.8 Å². The topological polar surface area (TPSA) is 155 Å². The summed E-state index contributed by atoms with van der Waals surface area (Å²) in [6.07, 6.45) is 3.54. The van der Waals surface area contributed by atoms with E-state index < -0.39 is 16.9 Å². The lowest BCUT2D eigenvalue weighted by Crippen LogP contribution is -2.39. The van der Waals surface area contributed by atoms with Gasteiger partial charge in [0.1, 0.15) is 0 Å². The molecule has 2 aromatic carbocycles. The van der Waals surface area contributed by atoms with E-state index in [1.54, 1.807) is 42.5 Å². The van der Waals surface area contributed by atoms with Gasteiger partial charge in [-0.3, -0.25) is 13.8 Å². The summed E-state index contributed by atoms with van der Waals surface area (Å²) in [4.78, 5) is 29.4. The van der Waals surface area contributed by atoms with Crippen molar-refractivity contribution in [1.82, 2.24) is 15.6 Å². The summed E-state index contributed by atoms with van der Waals surface area (Å²) in [6, 6.07) is 10.9. The number of aryl methyl sites for hydroxylation is 1. The summed E-state index contributed by atoms with van der Waals surface area (Å²) >= 11 is 12.6. The molecule has 2 unspecified atom stereocenters. The molecule has 7 N–H and O–H groups in total. The molecular formula is C30H34Cl2N4O5S. The van der Waals surface area contributed by atoms with Gasteiger partial charge in [-0.05, 0) is 74.2 Å². The average Bonchev–Trinajstić information content (AvgIpc) is 3.67. The third-order valence-electron chi connectivity index (χ3n) is 7.39. The van der Waals surface area contributed by atoms with E-state index in [2.05, 4.69) is 20.9 Å². The highest BCUT2D eigenvalue weighted by Gasteiger charge is 2.27. The summed E-state index contributed by atoms with van der Waals surface area (Å²) in [6.45, 7) is 4.42. The number of aliphatic hydroxyl groups excluding tert-OH is 1. The molecule has 224 valence electrons. The van der Waals surface area contributed by atoms with Crippen molar-refractivity contribution in [2.45, 2.75) is 55.9 Å². The van der Waals surface area contributed by atoms with Gasteiger partial charge in [-0.15, -0.1) is 0 Å². The fraction of sp³-hybridized carbons (Fsp3) is 0.333. The van der Waals surface area contributed by atoms with Crippen LogP contribution in [0.2, 0.25) is 10.0 Å². The molecule has 2 amide bonds. The molecule has 0 radical (unpaired) electrons. The zero-order valence-corrected chi connectivity index (χ0v) is 25.6. The van der Waals surface area contributed by atoms with Crippen molar-refractivity contribution in [1.29, 1.82) is 0 Å². The molecule has 0 saturated heterocycles. The van der Waals surface area contributed by atoms with E-state index in [9.17, 15) is 18.9 Å². The summed E-state index contributed by atoms with van der Waals surface area (Å²) in [5.41, 5.74) is 5.55. The molecule has 1 aliphatic heterocycles. The van der Waals surface area contributed by atoms with Gasteiger partial charge in [-0.2, -0.15) is 0 Å². The largest absolute Gasteiger partial charge is 0.412 e. The smallest absolute Gasteiger partial charge is 0.256 e. The van der Waals surface area contributed by atoms with Crippen molar-refractivity contribution in [3.63, 3.8) is 0 Å². The van der Waals surface area contributed by atoms with Gasteiger partial charge in [-0.1, -0.05) is 29.3 Å². The second-order valence-electron chi connectivity index (χ2n) is 10.5. The Morgan fingerprint density at radius 2 is 1.86 bits per heavy atom. The molecule has 12 heteroatoms. The number of aromatic amines is 1. The van der Waals surface area contributed by atoms with Crippen molar-refractivity contribution in [3.8, 4) is 0 Å². The summed E-state index contributed by atoms with van der Waals surface area (Å²) in [7, 11) is -1.45. The van der Waals surface area contributed by atoms with Crippen LogP contribution in [0.1, 0.15) is 46.5 Å². The van der Waals surface area contributed by atoms with Crippen LogP contribution in [0, 0.1) is 13.8 Å². The van der Waals surface area contributed by atoms with Crippen molar-refractivity contribution >= 4 is 63.2 Å². The molecule has 2 aliphatic rings. The first-order valence-corrected chi connectivity index (χ1v) is 15.5. The maximum atomic E-state index is 13.2. The second-order valence-corrected chi connectivity index (χ2v) is 12.8. The summed E-state index contributed by atoms with van der Waals surface area (Å²) < 4.78 is 13.2. The number of amides is 2. The minimum Gasteiger partial charge on any atom is -0.412 e. The highest BCUT2D eigenvalue weighted by Crippen LogP contribution is 2.36. The lowest BCUT2D eigenvalue weighted by Gasteiger charge is -2.12. The summed E-state index contributed by atoms with van der Waals surface area (Å²) in [5.74, 6) is -0.307. The van der Waals surface area contributed by atoms with Crippen LogP contribution in [0.5, 0.6) is 0 Å². The number of hydrogen-bond acceptors (Lipinski definition) is 5. The standard InChI is InChI=1S/C30H32Cl2N4O4S.H2O/c1-16-21(12-29(38)34-14-19(37)13-33-18-6-7-18)17(2)35-28(16)11-23-22-10-20(8-9-27(22)36-30(23)39)41(40)15-24-25(31)4-3-5-26(24)32;/h3-5,8-11,18-19,33,35,37H,6-7,12-15H2,1-2H3,(H,34,38)(H,36,39);1H2/b23-11-;. The molecule has 1 saturated carbocycles. The van der Waals surface area contributed by atoms with E-state index in [4.69, 9.17) is 23.2 Å². The molecular weight excluding hydrogens is 599 g/mol. The average molecular weight is 634 g/mol. The van der Waals surface area contributed by atoms with Crippen LogP contribution in [-0.2, 0) is 32.6 Å². The first kappa shape index (κ1) is 31.9. The predicted octanol–water partition coefficient (Wildman–Crippen LogP) is 3.69. The van der Waals surface area contributed by atoms with Crippen LogP contribution < -0.4 is 16.0 Å². The first-order valence-electron chi connectivity index (χ1n) is 13.5. The Bertz CT molecular complexity index is 1550. The third-order valence-corrected chi connectivity index (χ3v) is 9.42. The Morgan fingerprint density at radius 1 is 1.14 bits per heavy atom. The number of aliphatic hydroxyl groups is 1. The van der Waals surface area contributed by atoms with E-state index in [0.29, 0.717) is 55.6 Å². The minimum absolute atomic E-state index is 0. The maximum Gasteiger partial charge on any atom is 0.256 e. The van der Waals surface area contributed by atoms with Gasteiger partial charge in [0.15, 0.2) is 0 Å². The number of halogens is 2. The molecule has 9 nitrogen and oxygen atoms in total. The lowest BCUT2D eigenvalue weighted by molar-refractivity contribution is -0.121. The molecule has 5 rings (SSSR count). The Morgan fingerprint density at radius 3 is 2.55 bits per heavy atom. The van der Waals surface area contributed by atoms with Crippen molar-refractivity contribution in [2.24, 2.45) is 0 Å². The molecule has 42 heavy (non-hydrogen) atoms. The molecule has 2 heterocycles. The van der Waals surface area contributed by atoms with Crippen molar-refractivity contribution in [3.05, 3.63) is 80.1 Å². The normalized spacial score (nSPS) is 16.5. The van der Waals surface area contributed by atoms with Gasteiger partial charge < -0.3 is 31.5 Å². The predicted molar refractivity (Wildman–Crippen MR) is 167 cm³/mol. The highest BCUT2D eigenvalue weighted by molar-refractivity contribution is 7.84. The summed E-state index contributed by atoms with van der Waals surface area (Å²) in [5, 5.41) is 19.9.